The van der Waals surface area contributed by atoms with E-state index in [0.29, 0.717) is 50.7 Å². The molecule has 40 heavy (non-hydrogen) atoms. The number of carbonyl (C=O) groups is 2. The third-order valence-corrected chi connectivity index (χ3v) is 7.65. The Kier molecular flexibility index (Phi) is 7.57. The minimum atomic E-state index is -0.606. The number of amides is 3. The quantitative estimate of drug-likeness (QED) is 0.474. The first-order valence-electron chi connectivity index (χ1n) is 14.0. The molecule has 0 aliphatic carbocycles. The lowest BCUT2D eigenvalue weighted by atomic mass is 9.96. The van der Waals surface area contributed by atoms with Crippen LogP contribution in [0.3, 0.4) is 0 Å². The van der Waals surface area contributed by atoms with Crippen molar-refractivity contribution in [1.82, 2.24) is 24.6 Å². The van der Waals surface area contributed by atoms with Crippen molar-refractivity contribution in [1.29, 1.82) is 0 Å². The molecular weight excluding hydrogens is 512 g/mol. The van der Waals surface area contributed by atoms with Crippen LogP contribution in [0.1, 0.15) is 63.8 Å². The molecule has 0 unspecified atom stereocenters. The van der Waals surface area contributed by atoms with Crippen molar-refractivity contribution in [2.24, 2.45) is 7.05 Å². The Bertz CT molecular complexity index is 1440. The number of hydrogen-bond donors (Lipinski definition) is 0. The molecule has 3 aromatic rings. The molecule has 2 aliphatic heterocycles. The lowest BCUT2D eigenvalue weighted by molar-refractivity contribution is 0.0197. The maximum Gasteiger partial charge on any atom is 0.436 e. The van der Waals surface area contributed by atoms with Crippen molar-refractivity contribution in [3.8, 4) is 0 Å². The summed E-state index contributed by atoms with van der Waals surface area (Å²) in [5, 5.41) is 6.15. The first-order valence-corrected chi connectivity index (χ1v) is 14.0. The third-order valence-electron chi connectivity index (χ3n) is 7.65. The second kappa shape index (κ2) is 10.9. The van der Waals surface area contributed by atoms with E-state index in [9.17, 15) is 14.4 Å². The Morgan fingerprint density at radius 1 is 1.07 bits per heavy atom. The van der Waals surface area contributed by atoms with Crippen LogP contribution in [0.5, 0.6) is 0 Å². The predicted octanol–water partition coefficient (Wildman–Crippen LogP) is 4.44. The SMILES string of the molecule is Cc1cccc2ccnc(N(C(=O)N3CCC(c4nn(C)c(=O)o4)CC3)[C@@H]3CCCN(C(=O)OC(C)(C)C)C3)c12. The average Bonchev–Trinajstić information content (AvgIpc) is 3.26. The summed E-state index contributed by atoms with van der Waals surface area (Å²) >= 11 is 0. The maximum absolute atomic E-state index is 14.3. The van der Waals surface area contributed by atoms with Crippen molar-refractivity contribution in [2.45, 2.75) is 70.9 Å². The highest BCUT2D eigenvalue weighted by Gasteiger charge is 2.38. The highest BCUT2D eigenvalue weighted by Crippen LogP contribution is 2.34. The minimum Gasteiger partial charge on any atom is -0.444 e. The predicted molar refractivity (Wildman–Crippen MR) is 150 cm³/mol. The molecule has 0 N–H and O–H groups in total. The Labute approximate surface area is 233 Å². The van der Waals surface area contributed by atoms with Crippen LogP contribution >= 0.6 is 0 Å². The highest BCUT2D eigenvalue weighted by molar-refractivity contribution is 6.03. The Morgan fingerprint density at radius 2 is 1.82 bits per heavy atom. The van der Waals surface area contributed by atoms with Gasteiger partial charge < -0.3 is 19.0 Å². The number of aryl methyl sites for hydroxylation is 2. The zero-order valence-electron chi connectivity index (χ0n) is 23.9. The molecule has 0 spiro atoms. The molecule has 3 amide bonds. The van der Waals surface area contributed by atoms with E-state index in [1.54, 1.807) is 23.0 Å². The molecule has 4 heterocycles. The van der Waals surface area contributed by atoms with Crippen molar-refractivity contribution in [2.75, 3.05) is 31.1 Å². The van der Waals surface area contributed by atoms with Crippen molar-refractivity contribution >= 4 is 28.7 Å². The lowest BCUT2D eigenvalue weighted by Crippen LogP contribution is -2.57. The number of urea groups is 1. The first kappa shape index (κ1) is 27.7. The normalized spacial score (nSPS) is 18.7. The van der Waals surface area contributed by atoms with Gasteiger partial charge in [0.1, 0.15) is 11.4 Å². The summed E-state index contributed by atoms with van der Waals surface area (Å²) in [6.45, 7) is 9.51. The molecule has 2 fully saturated rings. The van der Waals surface area contributed by atoms with Gasteiger partial charge in [0.15, 0.2) is 0 Å². The fraction of sp³-hybridized carbons (Fsp3) is 0.552. The van der Waals surface area contributed by atoms with Crippen LogP contribution in [0, 0.1) is 6.92 Å². The number of benzene rings is 1. The van der Waals surface area contributed by atoms with Gasteiger partial charge in [0, 0.05) is 50.7 Å². The molecule has 11 nitrogen and oxygen atoms in total. The van der Waals surface area contributed by atoms with Gasteiger partial charge in [0.2, 0.25) is 5.89 Å². The molecule has 1 atom stereocenters. The monoisotopic (exact) mass is 550 g/mol. The van der Waals surface area contributed by atoms with Crippen LogP contribution in [0.4, 0.5) is 15.4 Å². The minimum absolute atomic E-state index is 0.0262. The number of hydrogen-bond acceptors (Lipinski definition) is 7. The van der Waals surface area contributed by atoms with Gasteiger partial charge in [-0.2, -0.15) is 4.68 Å². The van der Waals surface area contributed by atoms with Gasteiger partial charge in [-0.15, -0.1) is 5.10 Å². The average molecular weight is 551 g/mol. The van der Waals surface area contributed by atoms with Gasteiger partial charge >= 0.3 is 17.9 Å². The maximum atomic E-state index is 14.3. The molecular formula is C29H38N6O5. The number of fused-ring (bicyclic) bond motifs is 1. The van der Waals surface area contributed by atoms with E-state index in [-0.39, 0.29) is 24.1 Å². The van der Waals surface area contributed by atoms with E-state index >= 15 is 0 Å². The summed E-state index contributed by atoms with van der Waals surface area (Å²) < 4.78 is 12.2. The van der Waals surface area contributed by atoms with Crippen LogP contribution in [0.2, 0.25) is 0 Å². The molecule has 0 radical (unpaired) electrons. The third kappa shape index (κ3) is 5.68. The van der Waals surface area contributed by atoms with Gasteiger partial charge in [-0.05, 0) is 70.4 Å². The first-order chi connectivity index (χ1) is 19.0. The van der Waals surface area contributed by atoms with E-state index in [4.69, 9.17) is 14.1 Å². The highest BCUT2D eigenvalue weighted by atomic mass is 16.6. The van der Waals surface area contributed by atoms with Crippen LogP contribution < -0.4 is 10.7 Å². The molecule has 11 heteroatoms. The number of carbonyl (C=O) groups excluding carboxylic acids is 2. The Balaban J connectivity index is 1.44. The molecule has 0 bridgehead atoms. The van der Waals surface area contributed by atoms with E-state index < -0.39 is 11.4 Å². The van der Waals surface area contributed by atoms with E-state index in [1.807, 2.05) is 56.9 Å². The standard InChI is InChI=1S/C29H38N6O5/c1-19-8-6-9-20-11-14-30-24(23(19)20)35(22-10-7-15-34(18-22)28(38)40-29(2,3)4)26(36)33-16-12-21(13-17-33)25-31-32(5)27(37)39-25/h6,8-9,11,14,21-22H,7,10,12-13,15-18H2,1-5H3/t22-/m1/s1. The Hall–Kier alpha value is -3.89. The molecule has 5 rings (SSSR count). The number of anilines is 1. The number of nitrogens with zero attached hydrogens (tertiary/aromatic N) is 6. The van der Waals surface area contributed by atoms with E-state index in [1.165, 1.54) is 4.68 Å². The number of aromatic nitrogens is 3. The van der Waals surface area contributed by atoms with Crippen LogP contribution in [-0.2, 0) is 11.8 Å². The second-order valence-electron chi connectivity index (χ2n) is 11.8. The van der Waals surface area contributed by atoms with Crippen LogP contribution in [0.15, 0.2) is 39.7 Å². The second-order valence-corrected chi connectivity index (χ2v) is 11.8. The van der Waals surface area contributed by atoms with Gasteiger partial charge in [0.05, 0.1) is 6.04 Å². The number of likely N-dealkylation sites (tertiary alicyclic amines) is 2. The van der Waals surface area contributed by atoms with Gasteiger partial charge in [0.25, 0.3) is 0 Å². The van der Waals surface area contributed by atoms with E-state index in [0.717, 1.165) is 29.2 Å². The smallest absolute Gasteiger partial charge is 0.436 e. The van der Waals surface area contributed by atoms with Gasteiger partial charge in [-0.1, -0.05) is 18.2 Å². The summed E-state index contributed by atoms with van der Waals surface area (Å²) in [6, 6.07) is 7.60. The lowest BCUT2D eigenvalue weighted by Gasteiger charge is -2.42. The van der Waals surface area contributed by atoms with Crippen LogP contribution in [-0.4, -0.2) is 74.5 Å². The van der Waals surface area contributed by atoms with Crippen molar-refractivity contribution < 1.29 is 18.7 Å². The Morgan fingerprint density at radius 3 is 2.50 bits per heavy atom. The summed E-state index contributed by atoms with van der Waals surface area (Å²) in [5.41, 5.74) is 0.423. The number of rotatable bonds is 3. The zero-order chi connectivity index (χ0) is 28.6. The zero-order valence-corrected chi connectivity index (χ0v) is 23.9. The molecule has 2 saturated heterocycles. The molecule has 0 saturated carbocycles. The largest absolute Gasteiger partial charge is 0.444 e. The van der Waals surface area contributed by atoms with Crippen LogP contribution in [0.25, 0.3) is 10.8 Å². The molecule has 2 aromatic heterocycles. The van der Waals surface area contributed by atoms with Gasteiger partial charge in [-0.25, -0.2) is 19.4 Å². The fourth-order valence-corrected chi connectivity index (χ4v) is 5.65. The summed E-state index contributed by atoms with van der Waals surface area (Å²) in [7, 11) is 1.57. The number of piperidine rings is 2. The van der Waals surface area contributed by atoms with Crippen molar-refractivity contribution in [3.63, 3.8) is 0 Å². The topological polar surface area (TPSA) is 114 Å². The molecule has 2 aliphatic rings. The van der Waals surface area contributed by atoms with Gasteiger partial charge in [-0.3, -0.25) is 4.90 Å². The van der Waals surface area contributed by atoms with E-state index in [2.05, 4.69) is 5.10 Å². The van der Waals surface area contributed by atoms with Crippen molar-refractivity contribution in [3.05, 3.63) is 52.5 Å². The summed E-state index contributed by atoms with van der Waals surface area (Å²) in [6.07, 6.45) is 4.13. The number of pyridine rings is 1. The number of ether oxygens (including phenoxy) is 1. The summed E-state index contributed by atoms with van der Waals surface area (Å²) in [4.78, 5) is 49.2. The molecule has 1 aromatic carbocycles. The summed E-state index contributed by atoms with van der Waals surface area (Å²) in [5.74, 6) is 0.517. The fourth-order valence-electron chi connectivity index (χ4n) is 5.65. The molecule has 214 valence electrons.